The van der Waals surface area contributed by atoms with Gasteiger partial charge in [-0.1, -0.05) is 0 Å². The Balaban J connectivity index is 1.34. The van der Waals surface area contributed by atoms with Crippen LogP contribution >= 0.6 is 0 Å². The van der Waals surface area contributed by atoms with Crippen molar-refractivity contribution in [3.05, 3.63) is 0 Å². The van der Waals surface area contributed by atoms with Crippen LogP contribution in [0.5, 0.6) is 0 Å². The molecular weight excluding hydrogens is 315 g/mol. The largest absolute Gasteiger partial charge is 0.376 e. The number of rotatable bonds is 3. The van der Waals surface area contributed by atoms with Gasteiger partial charge in [-0.15, -0.1) is 0 Å². The van der Waals surface area contributed by atoms with E-state index in [1.165, 1.54) is 5.06 Å². The molecule has 3 aliphatic heterocycles. The van der Waals surface area contributed by atoms with Crippen LogP contribution in [0.1, 0.15) is 38.5 Å². The predicted octanol–water partition coefficient (Wildman–Crippen LogP) is 1.30. The number of halogens is 1. The summed E-state index contributed by atoms with van der Waals surface area (Å²) in [5.74, 6) is -0.167. The van der Waals surface area contributed by atoms with Crippen LogP contribution in [-0.4, -0.2) is 66.4 Å². The van der Waals surface area contributed by atoms with E-state index in [1.54, 1.807) is 4.90 Å². The molecule has 2 amide bonds. The van der Waals surface area contributed by atoms with Crippen molar-refractivity contribution in [1.82, 2.24) is 9.96 Å². The lowest BCUT2D eigenvalue weighted by Gasteiger charge is -2.35. The minimum absolute atomic E-state index is 0.00492. The Morgan fingerprint density at radius 1 is 1.17 bits per heavy atom. The Hall–Kier alpha value is -1.21. The predicted molar refractivity (Wildman–Crippen MR) is 82.5 cm³/mol. The van der Waals surface area contributed by atoms with Gasteiger partial charge in [-0.3, -0.25) is 14.4 Å². The average Bonchev–Trinajstić information content (AvgIpc) is 3.14. The van der Waals surface area contributed by atoms with E-state index in [-0.39, 0.29) is 29.8 Å². The number of hydroxylamine groups is 2. The van der Waals surface area contributed by atoms with Crippen LogP contribution in [0, 0.1) is 11.8 Å². The van der Waals surface area contributed by atoms with Crippen LogP contribution in [0.2, 0.25) is 0 Å². The van der Waals surface area contributed by atoms with Gasteiger partial charge in [-0.05, 0) is 38.0 Å². The molecule has 3 atom stereocenters. The number of amides is 2. The maximum absolute atomic E-state index is 14.4. The normalized spacial score (nSPS) is 34.8. The number of alkyl halides is 1. The van der Waals surface area contributed by atoms with Gasteiger partial charge in [-0.2, -0.15) is 0 Å². The van der Waals surface area contributed by atoms with E-state index in [1.807, 2.05) is 0 Å². The number of hydrogen-bond acceptors (Lipinski definition) is 4. The number of carbonyl (C=O) groups excluding carboxylic acids is 2. The number of hydrogen-bond donors (Lipinski definition) is 0. The molecule has 3 heterocycles. The minimum Gasteiger partial charge on any atom is -0.376 e. The molecule has 4 rings (SSSR count). The van der Waals surface area contributed by atoms with Crippen molar-refractivity contribution in [3.63, 3.8) is 0 Å². The van der Waals surface area contributed by atoms with Crippen molar-refractivity contribution in [2.75, 3.05) is 32.8 Å². The number of fused-ring (bicyclic) bond motifs is 1. The lowest BCUT2D eigenvalue weighted by Crippen LogP contribution is -2.50. The van der Waals surface area contributed by atoms with Gasteiger partial charge in [0.25, 0.3) is 5.91 Å². The van der Waals surface area contributed by atoms with Gasteiger partial charge in [-0.25, -0.2) is 9.45 Å². The molecular formula is C17H25FN2O4. The minimum atomic E-state index is -1.65. The van der Waals surface area contributed by atoms with Crippen LogP contribution in [0.4, 0.5) is 4.39 Å². The smallest absolute Gasteiger partial charge is 0.260 e. The molecule has 24 heavy (non-hydrogen) atoms. The first-order valence-electron chi connectivity index (χ1n) is 9.10. The molecule has 6 nitrogen and oxygen atoms in total. The second-order valence-electron chi connectivity index (χ2n) is 7.57. The third kappa shape index (κ3) is 2.81. The Morgan fingerprint density at radius 3 is 2.67 bits per heavy atom. The molecule has 7 heteroatoms. The van der Waals surface area contributed by atoms with E-state index >= 15 is 0 Å². The molecule has 4 aliphatic rings. The first-order valence-corrected chi connectivity index (χ1v) is 9.10. The molecule has 0 aromatic carbocycles. The molecule has 4 fully saturated rings. The van der Waals surface area contributed by atoms with Gasteiger partial charge in [0.2, 0.25) is 5.91 Å². The van der Waals surface area contributed by atoms with E-state index < -0.39 is 5.67 Å². The molecule has 0 bridgehead atoms. The van der Waals surface area contributed by atoms with Crippen LogP contribution in [0.25, 0.3) is 0 Å². The molecule has 1 aliphatic carbocycles. The highest BCUT2D eigenvalue weighted by atomic mass is 19.1. The summed E-state index contributed by atoms with van der Waals surface area (Å²) >= 11 is 0. The highest BCUT2D eigenvalue weighted by Gasteiger charge is 2.52. The molecule has 0 aromatic heterocycles. The van der Waals surface area contributed by atoms with Crippen molar-refractivity contribution in [1.29, 1.82) is 0 Å². The number of nitrogens with zero attached hydrogens (tertiary/aromatic N) is 2. The Kier molecular flexibility index (Phi) is 4.24. The fourth-order valence-corrected chi connectivity index (χ4v) is 4.28. The van der Waals surface area contributed by atoms with Crippen molar-refractivity contribution >= 4 is 11.8 Å². The summed E-state index contributed by atoms with van der Waals surface area (Å²) in [7, 11) is 0. The number of likely N-dealkylation sites (tertiary alicyclic amines) is 1. The molecule has 0 unspecified atom stereocenters. The average molecular weight is 340 g/mol. The standard InChI is InChI=1S/C17H25FN2O4/c18-17(4-3-5-17)16(22)19-9-13-12(11-23-14(13)10-19)8-15(21)20-6-1-2-7-24-20/h12-14H,1-11H2/t12-,13-,14-/m1/s1. The summed E-state index contributed by atoms with van der Waals surface area (Å²) in [6.07, 6.45) is 3.75. The maximum atomic E-state index is 14.4. The summed E-state index contributed by atoms with van der Waals surface area (Å²) in [6, 6.07) is 0. The van der Waals surface area contributed by atoms with E-state index in [0.717, 1.165) is 19.3 Å². The second-order valence-corrected chi connectivity index (χ2v) is 7.57. The monoisotopic (exact) mass is 340 g/mol. The summed E-state index contributed by atoms with van der Waals surface area (Å²) < 4.78 is 20.2. The van der Waals surface area contributed by atoms with E-state index in [2.05, 4.69) is 0 Å². The van der Waals surface area contributed by atoms with Crippen molar-refractivity contribution < 1.29 is 23.6 Å². The molecule has 0 aromatic rings. The van der Waals surface area contributed by atoms with Crippen LogP contribution in [-0.2, 0) is 19.2 Å². The lowest BCUT2D eigenvalue weighted by molar-refractivity contribution is -0.198. The molecule has 0 spiro atoms. The van der Waals surface area contributed by atoms with E-state index in [0.29, 0.717) is 52.1 Å². The summed E-state index contributed by atoms with van der Waals surface area (Å²) in [6.45, 7) is 2.75. The molecule has 3 saturated heterocycles. The zero-order valence-corrected chi connectivity index (χ0v) is 13.9. The van der Waals surface area contributed by atoms with E-state index in [4.69, 9.17) is 9.57 Å². The Morgan fingerprint density at radius 2 is 2.00 bits per heavy atom. The van der Waals surface area contributed by atoms with Crippen molar-refractivity contribution in [2.45, 2.75) is 50.3 Å². The SMILES string of the molecule is O=C(C[C@@H]1CO[C@@H]2CN(C(=O)C3(F)CCC3)C[C@H]12)N1CCCCO1. The van der Waals surface area contributed by atoms with Gasteiger partial charge in [0, 0.05) is 32.0 Å². The second kappa shape index (κ2) is 6.26. The van der Waals surface area contributed by atoms with Gasteiger partial charge in [0.1, 0.15) is 0 Å². The third-order valence-corrected chi connectivity index (χ3v) is 5.97. The van der Waals surface area contributed by atoms with Gasteiger partial charge in [0.15, 0.2) is 5.67 Å². The Labute approximate surface area is 141 Å². The first-order chi connectivity index (χ1) is 11.6. The van der Waals surface area contributed by atoms with Crippen molar-refractivity contribution in [3.8, 4) is 0 Å². The highest BCUT2D eigenvalue weighted by molar-refractivity contribution is 5.86. The lowest BCUT2D eigenvalue weighted by atomic mass is 9.81. The highest BCUT2D eigenvalue weighted by Crippen LogP contribution is 2.41. The van der Waals surface area contributed by atoms with Gasteiger partial charge in [0.05, 0.1) is 19.3 Å². The zero-order valence-electron chi connectivity index (χ0n) is 13.9. The van der Waals surface area contributed by atoms with Crippen LogP contribution in [0.3, 0.4) is 0 Å². The molecule has 0 N–H and O–H groups in total. The fraction of sp³-hybridized carbons (Fsp3) is 0.882. The van der Waals surface area contributed by atoms with Crippen LogP contribution in [0.15, 0.2) is 0 Å². The fourth-order valence-electron chi connectivity index (χ4n) is 4.28. The summed E-state index contributed by atoms with van der Waals surface area (Å²) in [5, 5.41) is 1.47. The van der Waals surface area contributed by atoms with E-state index in [9.17, 15) is 14.0 Å². The van der Waals surface area contributed by atoms with Crippen LogP contribution < -0.4 is 0 Å². The quantitative estimate of drug-likeness (QED) is 0.777. The number of ether oxygens (including phenoxy) is 1. The van der Waals surface area contributed by atoms with Crippen molar-refractivity contribution in [2.24, 2.45) is 11.8 Å². The topological polar surface area (TPSA) is 59.1 Å². The third-order valence-electron chi connectivity index (χ3n) is 5.97. The number of carbonyl (C=O) groups is 2. The Bertz CT molecular complexity index is 519. The zero-order chi connectivity index (χ0) is 16.7. The molecule has 134 valence electrons. The van der Waals surface area contributed by atoms with Gasteiger partial charge < -0.3 is 9.64 Å². The first kappa shape index (κ1) is 16.3. The summed E-state index contributed by atoms with van der Waals surface area (Å²) in [4.78, 5) is 31.8. The maximum Gasteiger partial charge on any atom is 0.260 e. The molecule has 0 radical (unpaired) electrons. The molecule has 1 saturated carbocycles. The summed E-state index contributed by atoms with van der Waals surface area (Å²) in [5.41, 5.74) is -1.65. The van der Waals surface area contributed by atoms with Gasteiger partial charge >= 0.3 is 0 Å².